The number of likely N-dealkylation sites (tertiary alicyclic amines) is 1. The molecule has 9 heteroatoms. The van der Waals surface area contributed by atoms with Crippen LogP contribution in [0.25, 0.3) is 44.0 Å². The molecular weight excluding hydrogens is 553 g/mol. The first-order valence-corrected chi connectivity index (χ1v) is 15.4. The summed E-state index contributed by atoms with van der Waals surface area (Å²) in [7, 11) is -2.82. The quantitative estimate of drug-likeness (QED) is 0.188. The summed E-state index contributed by atoms with van der Waals surface area (Å²) in [5, 5.41) is 1.89. The monoisotopic (exact) mass is 585 g/mol. The Morgan fingerprint density at radius 3 is 2.55 bits per heavy atom. The number of piperidine rings is 1. The minimum Gasteiger partial charge on any atom is -0.493 e. The summed E-state index contributed by atoms with van der Waals surface area (Å²) in [6, 6.07) is 15.1. The van der Waals surface area contributed by atoms with Crippen molar-refractivity contribution in [3.63, 3.8) is 0 Å². The molecule has 2 aromatic heterocycles. The van der Waals surface area contributed by atoms with Gasteiger partial charge in [0.1, 0.15) is 11.4 Å². The Kier molecular flexibility index (Phi) is 7.08. The van der Waals surface area contributed by atoms with Gasteiger partial charge in [0.15, 0.2) is 5.43 Å². The first kappa shape index (κ1) is 28.0. The number of rotatable bonds is 6. The highest BCUT2D eigenvalue weighted by Gasteiger charge is 2.26. The number of pyridine rings is 1. The van der Waals surface area contributed by atoms with Crippen LogP contribution in [0.5, 0.6) is 5.75 Å². The fraction of sp³-hybridized carbons (Fsp3) is 0.303. The molecule has 0 saturated carbocycles. The third-order valence-corrected chi connectivity index (χ3v) is 8.88. The van der Waals surface area contributed by atoms with Crippen LogP contribution in [0, 0.1) is 18.3 Å². The zero-order chi connectivity index (χ0) is 29.8. The predicted molar refractivity (Wildman–Crippen MR) is 165 cm³/mol. The molecule has 6 rings (SSSR count). The number of nitrogens with one attached hydrogen (secondary N) is 1. The molecule has 0 amide bonds. The normalized spacial score (nSPS) is 15.1. The number of fused-ring (bicyclic) bond motifs is 4. The number of hydrogen-bond donors (Lipinski definition) is 1. The van der Waals surface area contributed by atoms with Crippen LogP contribution in [0.1, 0.15) is 38.3 Å². The van der Waals surface area contributed by atoms with Crippen molar-refractivity contribution >= 4 is 43.1 Å². The van der Waals surface area contributed by atoms with Crippen LogP contribution < -0.4 is 10.2 Å². The lowest BCUT2D eigenvalue weighted by Gasteiger charge is -2.32. The van der Waals surface area contributed by atoms with Gasteiger partial charge in [-0.2, -0.15) is 8.42 Å². The maximum Gasteiger partial charge on any atom is 0.332 e. The molecule has 5 aromatic rings. The number of nitrogens with zero attached hydrogens (tertiary/aromatic N) is 2. The molecular formula is C33H32FN3O4S. The van der Waals surface area contributed by atoms with Gasteiger partial charge in [0.2, 0.25) is 0 Å². The topological polar surface area (TPSA) is 84.4 Å². The smallest absolute Gasteiger partial charge is 0.332 e. The van der Waals surface area contributed by atoms with E-state index in [1.807, 2.05) is 38.1 Å². The predicted octanol–water partition coefficient (Wildman–Crippen LogP) is 6.24. The van der Waals surface area contributed by atoms with Crippen molar-refractivity contribution in [1.29, 1.82) is 0 Å². The molecule has 0 radical (unpaired) electrons. The van der Waals surface area contributed by atoms with E-state index in [1.165, 1.54) is 18.2 Å². The van der Waals surface area contributed by atoms with Gasteiger partial charge in [-0.15, -0.1) is 10.3 Å². The van der Waals surface area contributed by atoms with Gasteiger partial charge < -0.3 is 19.2 Å². The van der Waals surface area contributed by atoms with Gasteiger partial charge in [0.05, 0.1) is 27.8 Å². The number of H-pyrrole nitrogens is 1. The van der Waals surface area contributed by atoms with E-state index >= 15 is 0 Å². The van der Waals surface area contributed by atoms with E-state index in [0.717, 1.165) is 36.8 Å². The second-order valence-electron chi connectivity index (χ2n) is 11.5. The van der Waals surface area contributed by atoms with Crippen LogP contribution in [0.3, 0.4) is 0 Å². The van der Waals surface area contributed by atoms with Crippen LogP contribution in [0.15, 0.2) is 64.3 Å². The summed E-state index contributed by atoms with van der Waals surface area (Å²) < 4.78 is 46.0. The van der Waals surface area contributed by atoms with Gasteiger partial charge in [-0.3, -0.25) is 4.79 Å². The van der Waals surface area contributed by atoms with Gasteiger partial charge >= 0.3 is 10.2 Å². The number of hydrogen-bond acceptors (Lipinski definition) is 5. The Bertz CT molecular complexity index is 2060. The Labute approximate surface area is 244 Å². The summed E-state index contributed by atoms with van der Waals surface area (Å²) in [5.74, 6) is 3.30. The molecule has 1 saturated heterocycles. The Morgan fingerprint density at radius 1 is 1.10 bits per heavy atom. The molecule has 42 heavy (non-hydrogen) atoms. The van der Waals surface area contributed by atoms with Gasteiger partial charge in [-0.05, 0) is 80.9 Å². The number of terminal acetylenes is 1. The molecule has 7 nitrogen and oxygen atoms in total. The molecule has 1 aliphatic heterocycles. The summed E-state index contributed by atoms with van der Waals surface area (Å²) in [5.41, 5.74) is 3.84. The van der Waals surface area contributed by atoms with Crippen molar-refractivity contribution < 1.29 is 17.0 Å². The van der Waals surface area contributed by atoms with Crippen LogP contribution in [-0.4, -0.2) is 49.6 Å². The van der Waals surface area contributed by atoms with E-state index in [0.29, 0.717) is 51.0 Å². The van der Waals surface area contributed by atoms with E-state index in [1.54, 1.807) is 12.1 Å². The summed E-state index contributed by atoms with van der Waals surface area (Å²) in [6.07, 6.45) is 7.43. The number of aromatic amines is 1. The molecule has 1 fully saturated rings. The zero-order valence-corrected chi connectivity index (χ0v) is 24.6. The average molecular weight is 586 g/mol. The lowest BCUT2D eigenvalue weighted by atomic mass is 9.98. The molecule has 0 aliphatic carbocycles. The largest absolute Gasteiger partial charge is 0.493 e. The van der Waals surface area contributed by atoms with Crippen LogP contribution in [-0.2, 0) is 10.2 Å². The van der Waals surface area contributed by atoms with E-state index in [2.05, 4.69) is 27.4 Å². The number of ether oxygens (including phenoxy) is 1. The van der Waals surface area contributed by atoms with Crippen LogP contribution >= 0.6 is 0 Å². The molecule has 1 aliphatic rings. The number of benzene rings is 3. The molecule has 0 unspecified atom stereocenters. The lowest BCUT2D eigenvalue weighted by Crippen LogP contribution is -2.32. The van der Waals surface area contributed by atoms with Crippen LogP contribution in [0.2, 0.25) is 0 Å². The van der Waals surface area contributed by atoms with Crippen molar-refractivity contribution in [2.45, 2.75) is 37.6 Å². The summed E-state index contributed by atoms with van der Waals surface area (Å²) >= 11 is 0. The number of aromatic nitrogens is 2. The molecule has 1 N–H and O–H groups in total. The molecule has 3 heterocycles. The van der Waals surface area contributed by atoms with Crippen molar-refractivity contribution in [3.8, 4) is 29.2 Å². The first-order chi connectivity index (χ1) is 20.0. The molecule has 0 atom stereocenters. The Hall–Kier alpha value is -4.13. The van der Waals surface area contributed by atoms with Crippen molar-refractivity contribution in [1.82, 2.24) is 14.5 Å². The van der Waals surface area contributed by atoms with Crippen LogP contribution in [0.4, 0.5) is 3.89 Å². The van der Waals surface area contributed by atoms with Crippen molar-refractivity contribution in [2.75, 3.05) is 26.7 Å². The minimum absolute atomic E-state index is 0.0970. The standard InChI is InChI=1S/C33H32FN3O4S/c1-5-21-9-10-25-28(15-21)35-33-31(25)32(38)27-18-30(41-19-20(2)3)26(22-7-6-8-24(16-22)42(34,39)40)17-29(27)37(33)23-11-13-36(4)14-12-23/h1,6-10,15-18,20,23,35H,11-14,19H2,2-4H3. The summed E-state index contributed by atoms with van der Waals surface area (Å²) in [4.78, 5) is 19.6. The maximum atomic E-state index is 14.3. The highest BCUT2D eigenvalue weighted by atomic mass is 32.3. The average Bonchev–Trinajstić information content (AvgIpc) is 3.35. The van der Waals surface area contributed by atoms with Crippen molar-refractivity contribution in [3.05, 3.63) is 70.4 Å². The van der Waals surface area contributed by atoms with Gasteiger partial charge in [-0.1, -0.05) is 38.0 Å². The molecule has 216 valence electrons. The lowest BCUT2D eigenvalue weighted by molar-refractivity contribution is 0.226. The Morgan fingerprint density at radius 2 is 1.86 bits per heavy atom. The molecule has 3 aromatic carbocycles. The Balaban J connectivity index is 1.72. The maximum absolute atomic E-state index is 14.3. The van der Waals surface area contributed by atoms with Crippen molar-refractivity contribution in [2.24, 2.45) is 5.92 Å². The SMILES string of the molecule is C#Cc1ccc2c(c1)[nH]c1c2c(=O)c2cc(OCC(C)C)c(-c3cccc(S(=O)(=O)F)c3)cc2n1C1CCN(C)CC1. The minimum atomic E-state index is -4.92. The van der Waals surface area contributed by atoms with Gasteiger partial charge in [-0.25, -0.2) is 0 Å². The fourth-order valence-corrected chi connectivity index (χ4v) is 6.45. The van der Waals surface area contributed by atoms with E-state index in [-0.39, 0.29) is 17.4 Å². The highest BCUT2D eigenvalue weighted by molar-refractivity contribution is 7.86. The van der Waals surface area contributed by atoms with Gasteiger partial charge in [0, 0.05) is 28.1 Å². The van der Waals surface area contributed by atoms with E-state index < -0.39 is 15.1 Å². The second kappa shape index (κ2) is 10.6. The molecule has 0 spiro atoms. The van der Waals surface area contributed by atoms with E-state index in [4.69, 9.17) is 11.2 Å². The highest BCUT2D eigenvalue weighted by Crippen LogP contribution is 2.39. The van der Waals surface area contributed by atoms with Gasteiger partial charge in [0.25, 0.3) is 0 Å². The third-order valence-electron chi connectivity index (χ3n) is 8.07. The first-order valence-electron chi connectivity index (χ1n) is 14.1. The fourth-order valence-electron chi connectivity index (χ4n) is 5.94. The zero-order valence-electron chi connectivity index (χ0n) is 23.8. The van der Waals surface area contributed by atoms with E-state index in [9.17, 15) is 17.1 Å². The molecule has 0 bridgehead atoms. The summed E-state index contributed by atoms with van der Waals surface area (Å²) in [6.45, 7) is 6.22. The second-order valence-corrected chi connectivity index (χ2v) is 12.9. The third kappa shape index (κ3) is 4.95. The number of halogens is 1.